The molecule has 1 nitrogen and oxygen atoms in total. The third-order valence-corrected chi connectivity index (χ3v) is 5.13. The van der Waals surface area contributed by atoms with Crippen molar-refractivity contribution in [2.24, 2.45) is 5.92 Å². The van der Waals surface area contributed by atoms with Gasteiger partial charge in [-0.1, -0.05) is 61.9 Å². The molecule has 0 radical (unpaired) electrons. The lowest BCUT2D eigenvalue weighted by atomic mass is 9.87. The van der Waals surface area contributed by atoms with Gasteiger partial charge in [0.1, 0.15) is 0 Å². The van der Waals surface area contributed by atoms with Gasteiger partial charge >= 0.3 is 0 Å². The highest BCUT2D eigenvalue weighted by Crippen LogP contribution is 2.31. The molecular weight excluding hydrogens is 289 g/mol. The average molecular weight is 314 g/mol. The van der Waals surface area contributed by atoms with Crippen LogP contribution in [0.15, 0.2) is 18.2 Å². The number of benzene rings is 1. The second-order valence-electron chi connectivity index (χ2n) is 5.82. The van der Waals surface area contributed by atoms with Crippen LogP contribution in [0.2, 0.25) is 10.0 Å². The molecule has 0 amide bonds. The van der Waals surface area contributed by atoms with Crippen LogP contribution in [-0.4, -0.2) is 12.6 Å². The maximum absolute atomic E-state index is 6.33. The van der Waals surface area contributed by atoms with E-state index >= 15 is 0 Å². The summed E-state index contributed by atoms with van der Waals surface area (Å²) in [6.45, 7) is 3.18. The summed E-state index contributed by atoms with van der Waals surface area (Å²) >= 11 is 12.7. The Bertz CT molecular complexity index is 391. The second kappa shape index (κ2) is 8.26. The summed E-state index contributed by atoms with van der Waals surface area (Å²) < 4.78 is 0. The van der Waals surface area contributed by atoms with E-state index in [0.29, 0.717) is 6.04 Å². The Morgan fingerprint density at radius 2 is 1.70 bits per heavy atom. The number of hydrogen-bond donors (Lipinski definition) is 1. The zero-order chi connectivity index (χ0) is 14.4. The minimum Gasteiger partial charge on any atom is -0.314 e. The zero-order valence-corrected chi connectivity index (χ0v) is 13.8. The molecule has 2 rings (SSSR count). The Morgan fingerprint density at radius 1 is 1.10 bits per heavy atom. The minimum absolute atomic E-state index is 0.496. The molecule has 3 heteroatoms. The van der Waals surface area contributed by atoms with E-state index < -0.39 is 0 Å². The largest absolute Gasteiger partial charge is 0.314 e. The summed E-state index contributed by atoms with van der Waals surface area (Å²) in [7, 11) is 0. The van der Waals surface area contributed by atoms with E-state index in [0.717, 1.165) is 34.5 Å². The first-order valence-electron chi connectivity index (χ1n) is 7.88. The van der Waals surface area contributed by atoms with Gasteiger partial charge in [-0.2, -0.15) is 0 Å². The second-order valence-corrected chi connectivity index (χ2v) is 6.63. The van der Waals surface area contributed by atoms with Gasteiger partial charge in [0.05, 0.1) is 0 Å². The molecule has 1 atom stereocenters. The van der Waals surface area contributed by atoms with Crippen molar-refractivity contribution in [3.05, 3.63) is 33.8 Å². The molecule has 1 saturated carbocycles. The molecule has 0 spiro atoms. The normalized spacial score (nSPS) is 18.8. The molecule has 1 aromatic carbocycles. The van der Waals surface area contributed by atoms with Crippen LogP contribution in [0.4, 0.5) is 0 Å². The van der Waals surface area contributed by atoms with Gasteiger partial charge in [0.25, 0.3) is 0 Å². The fourth-order valence-electron chi connectivity index (χ4n) is 3.33. The summed E-state index contributed by atoms with van der Waals surface area (Å²) in [4.78, 5) is 0. The number of halogens is 2. The van der Waals surface area contributed by atoms with Crippen LogP contribution in [-0.2, 0) is 6.42 Å². The third kappa shape index (κ3) is 4.38. The van der Waals surface area contributed by atoms with E-state index in [1.807, 2.05) is 18.2 Å². The smallest absolute Gasteiger partial charge is 0.0453 e. The van der Waals surface area contributed by atoms with Crippen LogP contribution in [0.5, 0.6) is 0 Å². The molecule has 112 valence electrons. The first kappa shape index (κ1) is 16.1. The maximum Gasteiger partial charge on any atom is 0.0453 e. The molecule has 1 fully saturated rings. The van der Waals surface area contributed by atoms with Gasteiger partial charge in [-0.05, 0) is 49.4 Å². The molecule has 0 aromatic heterocycles. The summed E-state index contributed by atoms with van der Waals surface area (Å²) in [5, 5.41) is 5.27. The predicted molar refractivity (Wildman–Crippen MR) is 88.8 cm³/mol. The Labute approximate surface area is 133 Å². The fourth-order valence-corrected chi connectivity index (χ4v) is 3.88. The summed E-state index contributed by atoms with van der Waals surface area (Å²) in [5.41, 5.74) is 1.10. The SMILES string of the molecule is CCNC(Cc1c(Cl)cccc1Cl)C1CCCCCC1. The van der Waals surface area contributed by atoms with Crippen LogP contribution >= 0.6 is 23.2 Å². The third-order valence-electron chi connectivity index (χ3n) is 4.42. The zero-order valence-electron chi connectivity index (χ0n) is 12.3. The lowest BCUT2D eigenvalue weighted by molar-refractivity contribution is 0.321. The molecule has 20 heavy (non-hydrogen) atoms. The van der Waals surface area contributed by atoms with Crippen molar-refractivity contribution in [3.8, 4) is 0 Å². The summed E-state index contributed by atoms with van der Waals surface area (Å²) in [5.74, 6) is 0.754. The van der Waals surface area contributed by atoms with Crippen molar-refractivity contribution < 1.29 is 0 Å². The van der Waals surface area contributed by atoms with Crippen molar-refractivity contribution in [1.29, 1.82) is 0 Å². The highest BCUT2D eigenvalue weighted by Gasteiger charge is 2.23. The molecule has 1 aromatic rings. The van der Waals surface area contributed by atoms with Crippen LogP contribution < -0.4 is 5.32 Å². The number of hydrogen-bond acceptors (Lipinski definition) is 1. The molecule has 0 aliphatic heterocycles. The van der Waals surface area contributed by atoms with E-state index in [-0.39, 0.29) is 0 Å². The van der Waals surface area contributed by atoms with Crippen LogP contribution in [0.1, 0.15) is 51.0 Å². The van der Waals surface area contributed by atoms with E-state index in [1.54, 1.807) is 0 Å². The molecule has 0 bridgehead atoms. The topological polar surface area (TPSA) is 12.0 Å². The van der Waals surface area contributed by atoms with Gasteiger partial charge in [-0.25, -0.2) is 0 Å². The Morgan fingerprint density at radius 3 is 2.25 bits per heavy atom. The standard InChI is InChI=1S/C17H25Cl2N/c1-2-20-17(13-8-5-3-4-6-9-13)12-14-15(18)10-7-11-16(14)19/h7,10-11,13,17,20H,2-6,8-9,12H2,1H3. The Kier molecular flexibility index (Phi) is 6.67. The summed E-state index contributed by atoms with van der Waals surface area (Å²) in [6.07, 6.45) is 9.12. The summed E-state index contributed by atoms with van der Waals surface area (Å²) in [6, 6.07) is 6.30. The molecule has 0 saturated heterocycles. The quantitative estimate of drug-likeness (QED) is 0.709. The van der Waals surface area contributed by atoms with Gasteiger partial charge < -0.3 is 5.32 Å². The van der Waals surface area contributed by atoms with E-state index in [9.17, 15) is 0 Å². The van der Waals surface area contributed by atoms with Gasteiger partial charge in [-0.15, -0.1) is 0 Å². The van der Waals surface area contributed by atoms with Gasteiger partial charge in [-0.3, -0.25) is 0 Å². The molecule has 1 N–H and O–H groups in total. The van der Waals surface area contributed by atoms with Crippen molar-refractivity contribution >= 4 is 23.2 Å². The van der Waals surface area contributed by atoms with E-state index in [1.165, 1.54) is 38.5 Å². The number of rotatable bonds is 5. The lowest BCUT2D eigenvalue weighted by Crippen LogP contribution is -2.38. The van der Waals surface area contributed by atoms with Gasteiger partial charge in [0.15, 0.2) is 0 Å². The van der Waals surface area contributed by atoms with Gasteiger partial charge in [0.2, 0.25) is 0 Å². The van der Waals surface area contributed by atoms with Crippen LogP contribution in [0.3, 0.4) is 0 Å². The molecule has 1 aliphatic rings. The molecule has 1 unspecified atom stereocenters. The van der Waals surface area contributed by atoms with Gasteiger partial charge in [0, 0.05) is 16.1 Å². The van der Waals surface area contributed by atoms with Crippen molar-refractivity contribution in [3.63, 3.8) is 0 Å². The van der Waals surface area contributed by atoms with E-state index in [2.05, 4.69) is 12.2 Å². The monoisotopic (exact) mass is 313 g/mol. The lowest BCUT2D eigenvalue weighted by Gasteiger charge is -2.28. The van der Waals surface area contributed by atoms with Crippen molar-refractivity contribution in [2.75, 3.05) is 6.54 Å². The molecule has 0 heterocycles. The minimum atomic E-state index is 0.496. The fraction of sp³-hybridized carbons (Fsp3) is 0.647. The number of nitrogens with one attached hydrogen (secondary N) is 1. The van der Waals surface area contributed by atoms with E-state index in [4.69, 9.17) is 23.2 Å². The first-order chi connectivity index (χ1) is 9.72. The Hall–Kier alpha value is -0.240. The molecular formula is C17H25Cl2N. The van der Waals surface area contributed by atoms with Crippen LogP contribution in [0.25, 0.3) is 0 Å². The number of likely N-dealkylation sites (N-methyl/N-ethyl adjacent to an activating group) is 1. The van der Waals surface area contributed by atoms with Crippen molar-refractivity contribution in [1.82, 2.24) is 5.32 Å². The predicted octanol–water partition coefficient (Wildman–Crippen LogP) is 5.48. The Balaban J connectivity index is 2.11. The highest BCUT2D eigenvalue weighted by atomic mass is 35.5. The highest BCUT2D eigenvalue weighted by molar-refractivity contribution is 6.36. The van der Waals surface area contributed by atoms with Crippen LogP contribution in [0, 0.1) is 5.92 Å². The first-order valence-corrected chi connectivity index (χ1v) is 8.64. The van der Waals surface area contributed by atoms with Crippen molar-refractivity contribution in [2.45, 2.75) is 57.9 Å². The average Bonchev–Trinajstić information content (AvgIpc) is 2.71. The maximum atomic E-state index is 6.33. The molecule has 1 aliphatic carbocycles.